The van der Waals surface area contributed by atoms with Crippen LogP contribution in [0.2, 0.25) is 19.6 Å². The first-order valence-electron chi connectivity index (χ1n) is 2.32. The van der Waals surface area contributed by atoms with Crippen LogP contribution in [0, 0.1) is 0 Å². The first-order chi connectivity index (χ1) is 2.94. The van der Waals surface area contributed by atoms with E-state index in [2.05, 4.69) is 13.1 Å². The van der Waals surface area contributed by atoms with Gasteiger partial charge in [0.25, 0.3) is 0 Å². The molecule has 44 valence electrons. The summed E-state index contributed by atoms with van der Waals surface area (Å²) in [5.41, 5.74) is 0. The fourth-order valence-corrected chi connectivity index (χ4v) is 0. The van der Waals surface area contributed by atoms with Crippen molar-refractivity contribution >= 4 is 36.7 Å². The normalized spacial score (nSPS) is 12.9. The molecule has 0 spiro atoms. The summed E-state index contributed by atoms with van der Waals surface area (Å²) in [7, 11) is -0.689. The van der Waals surface area contributed by atoms with Gasteiger partial charge >= 0.3 is 0 Å². The fourth-order valence-electron chi connectivity index (χ4n) is 0. The van der Waals surface area contributed by atoms with E-state index in [4.69, 9.17) is 22.2 Å². The Bertz CT molecular complexity index is 56.4. The van der Waals surface area contributed by atoms with Gasteiger partial charge in [-0.15, -0.1) is 0 Å². The average Bonchev–Trinajstić information content (AvgIpc) is 1.31. The Balaban J connectivity index is 3.54. The van der Waals surface area contributed by atoms with E-state index in [-0.39, 0.29) is 0 Å². The maximum Gasteiger partial charge on any atom is 0.231 e. The van der Waals surface area contributed by atoms with E-state index in [0.717, 1.165) is 0 Å². The van der Waals surface area contributed by atoms with Gasteiger partial charge in [-0.3, -0.25) is 0 Å². The molecule has 0 nitrogen and oxygen atoms in total. The lowest BCUT2D eigenvalue weighted by atomic mass is 11.9. The molecule has 0 N–H and O–H groups in total. The van der Waals surface area contributed by atoms with Crippen LogP contribution < -0.4 is 0 Å². The smallest absolute Gasteiger partial charge is 0.150 e. The lowest BCUT2D eigenvalue weighted by Gasteiger charge is -2.11. The Kier molecular flexibility index (Phi) is 2.90. The summed E-state index contributed by atoms with van der Waals surface area (Å²) >= 11 is 11.7. The standard InChI is InChI=1S/C3H10Cl2Si2/c1-6(2)7(3,4)5/h6H,1-3H3. The van der Waals surface area contributed by atoms with Crippen LogP contribution in [0.5, 0.6) is 0 Å². The maximum atomic E-state index is 5.83. The molecule has 0 aliphatic rings. The molecule has 7 heavy (non-hydrogen) atoms. The molecule has 0 saturated carbocycles. The van der Waals surface area contributed by atoms with Crippen molar-refractivity contribution in [3.8, 4) is 0 Å². The van der Waals surface area contributed by atoms with Crippen molar-refractivity contribution in [2.75, 3.05) is 0 Å². The van der Waals surface area contributed by atoms with Crippen molar-refractivity contribution in [2.24, 2.45) is 0 Å². The zero-order valence-electron chi connectivity index (χ0n) is 4.83. The van der Waals surface area contributed by atoms with Crippen molar-refractivity contribution < 1.29 is 0 Å². The van der Waals surface area contributed by atoms with Crippen LogP contribution in [0.25, 0.3) is 0 Å². The van der Waals surface area contributed by atoms with Gasteiger partial charge in [0.15, 0.2) is 0 Å². The highest BCUT2D eigenvalue weighted by Crippen LogP contribution is 2.16. The lowest BCUT2D eigenvalue weighted by Crippen LogP contribution is -2.31. The zero-order valence-corrected chi connectivity index (χ0v) is 8.50. The molecule has 0 rings (SSSR count). The van der Waals surface area contributed by atoms with Crippen LogP contribution in [-0.2, 0) is 0 Å². The molecule has 0 radical (unpaired) electrons. The van der Waals surface area contributed by atoms with Gasteiger partial charge in [-0.1, -0.05) is 13.1 Å². The van der Waals surface area contributed by atoms with Gasteiger partial charge in [0, 0.05) is 0 Å². The highest BCUT2D eigenvalue weighted by atomic mass is 35.7. The summed E-state index contributed by atoms with van der Waals surface area (Å²) in [6.07, 6.45) is -1.65. The number of rotatable bonds is 1. The average molecular weight is 173 g/mol. The fraction of sp³-hybridized carbons (Fsp3) is 1.00. The molecule has 4 heteroatoms. The minimum absolute atomic E-state index is 0.689. The first-order valence-corrected chi connectivity index (χ1v) is 11.0. The predicted molar refractivity (Wildman–Crippen MR) is 42.2 cm³/mol. The minimum atomic E-state index is -1.65. The van der Waals surface area contributed by atoms with E-state index < -0.39 is 14.5 Å². The molecule has 0 fully saturated rings. The van der Waals surface area contributed by atoms with Gasteiger partial charge in [-0.2, -0.15) is 22.2 Å². The van der Waals surface area contributed by atoms with Crippen molar-refractivity contribution in [3.63, 3.8) is 0 Å². The van der Waals surface area contributed by atoms with E-state index in [1.165, 1.54) is 0 Å². The number of halogens is 2. The van der Waals surface area contributed by atoms with Crippen LogP contribution in [0.3, 0.4) is 0 Å². The lowest BCUT2D eigenvalue weighted by molar-refractivity contribution is 2.05. The Morgan fingerprint density at radius 1 is 1.29 bits per heavy atom. The van der Waals surface area contributed by atoms with E-state index in [1.54, 1.807) is 0 Å². The molecular weight excluding hydrogens is 163 g/mol. The van der Waals surface area contributed by atoms with Gasteiger partial charge in [-0.05, 0) is 6.55 Å². The number of hydrogen-bond acceptors (Lipinski definition) is 0. The quantitative estimate of drug-likeness (QED) is 0.421. The van der Waals surface area contributed by atoms with Crippen LogP contribution in [0.1, 0.15) is 0 Å². The van der Waals surface area contributed by atoms with E-state index in [1.807, 2.05) is 6.55 Å². The summed E-state index contributed by atoms with van der Waals surface area (Å²) in [6.45, 7) is 6.37. The summed E-state index contributed by atoms with van der Waals surface area (Å²) < 4.78 is 0. The van der Waals surface area contributed by atoms with Crippen LogP contribution in [0.4, 0.5) is 0 Å². The third-order valence-corrected chi connectivity index (χ3v) is 17.0. The van der Waals surface area contributed by atoms with Gasteiger partial charge < -0.3 is 0 Å². The molecule has 0 aromatic rings. The molecular formula is C3H10Cl2Si2. The van der Waals surface area contributed by atoms with Gasteiger partial charge in [0.2, 0.25) is 6.21 Å². The first kappa shape index (κ1) is 8.01. The molecule has 0 aromatic carbocycles. The molecule has 0 atom stereocenters. The Hall–Kier alpha value is 1.01. The second-order valence-corrected chi connectivity index (χ2v) is 20.7. The minimum Gasteiger partial charge on any atom is -0.150 e. The van der Waals surface area contributed by atoms with Crippen molar-refractivity contribution in [3.05, 3.63) is 0 Å². The van der Waals surface area contributed by atoms with Crippen LogP contribution in [0.15, 0.2) is 0 Å². The molecule has 0 aliphatic heterocycles. The largest absolute Gasteiger partial charge is 0.231 e. The second-order valence-electron chi connectivity index (χ2n) is 2.11. The Labute approximate surface area is 56.6 Å². The summed E-state index contributed by atoms with van der Waals surface area (Å²) in [4.78, 5) is 0. The third-order valence-electron chi connectivity index (χ3n) is 1.01. The molecule has 0 aliphatic carbocycles. The van der Waals surface area contributed by atoms with Crippen molar-refractivity contribution in [2.45, 2.75) is 19.6 Å². The molecule has 0 amide bonds. The van der Waals surface area contributed by atoms with Crippen LogP contribution in [-0.4, -0.2) is 14.5 Å². The van der Waals surface area contributed by atoms with Crippen molar-refractivity contribution in [1.29, 1.82) is 0 Å². The van der Waals surface area contributed by atoms with E-state index >= 15 is 0 Å². The van der Waals surface area contributed by atoms with Gasteiger partial charge in [0.1, 0.15) is 0 Å². The zero-order chi connectivity index (χ0) is 6.08. The van der Waals surface area contributed by atoms with Gasteiger partial charge in [0.05, 0.1) is 8.31 Å². The maximum absolute atomic E-state index is 5.83. The second kappa shape index (κ2) is 2.53. The SMILES string of the molecule is C[SiH](C)[Si](C)(Cl)Cl. The predicted octanol–water partition coefficient (Wildman–Crippen LogP) is 2.10. The highest BCUT2D eigenvalue weighted by Gasteiger charge is 2.25. The summed E-state index contributed by atoms with van der Waals surface area (Å²) in [6, 6.07) is 0. The molecule has 0 unspecified atom stereocenters. The summed E-state index contributed by atoms with van der Waals surface area (Å²) in [5.74, 6) is 0. The third kappa shape index (κ3) is 3.58. The Morgan fingerprint density at radius 3 is 1.43 bits per heavy atom. The van der Waals surface area contributed by atoms with Crippen LogP contribution >= 0.6 is 22.2 Å². The topological polar surface area (TPSA) is 0 Å². The highest BCUT2D eigenvalue weighted by molar-refractivity contribution is 7.69. The summed E-state index contributed by atoms with van der Waals surface area (Å²) in [5, 5.41) is 0. The molecule has 0 bridgehead atoms. The van der Waals surface area contributed by atoms with E-state index in [9.17, 15) is 0 Å². The van der Waals surface area contributed by atoms with Gasteiger partial charge in [-0.25, -0.2) is 0 Å². The Morgan fingerprint density at radius 2 is 1.43 bits per heavy atom. The number of hydrogen-bond donors (Lipinski definition) is 0. The monoisotopic (exact) mass is 172 g/mol. The molecule has 0 heterocycles. The van der Waals surface area contributed by atoms with Crippen molar-refractivity contribution in [1.82, 2.24) is 0 Å². The molecule has 0 aromatic heterocycles. The molecule has 0 saturated heterocycles. The van der Waals surface area contributed by atoms with E-state index in [0.29, 0.717) is 0 Å².